The Bertz CT molecular complexity index is 915. The molecule has 1 fully saturated rings. The molecule has 0 aromatic heterocycles. The zero-order valence-corrected chi connectivity index (χ0v) is 17.1. The van der Waals surface area contributed by atoms with Gasteiger partial charge in [0.25, 0.3) is 0 Å². The molecule has 2 heterocycles. The predicted octanol–water partition coefficient (Wildman–Crippen LogP) is 1.62. The van der Waals surface area contributed by atoms with Crippen molar-refractivity contribution in [3.8, 4) is 0 Å². The van der Waals surface area contributed by atoms with E-state index in [9.17, 15) is 13.5 Å². The Hall–Kier alpha value is -1.97. The van der Waals surface area contributed by atoms with Crippen molar-refractivity contribution in [1.82, 2.24) is 4.90 Å². The van der Waals surface area contributed by atoms with Crippen molar-refractivity contribution >= 4 is 15.5 Å². The summed E-state index contributed by atoms with van der Waals surface area (Å²) in [6, 6.07) is 15.0. The van der Waals surface area contributed by atoms with E-state index in [4.69, 9.17) is 9.47 Å². The topological polar surface area (TPSA) is 88.1 Å². The van der Waals surface area contributed by atoms with E-state index in [1.54, 1.807) is 12.1 Å². The van der Waals surface area contributed by atoms with Crippen molar-refractivity contribution in [3.63, 3.8) is 0 Å². The van der Waals surface area contributed by atoms with Crippen LogP contribution in [-0.2, 0) is 32.4 Å². The molecule has 0 bridgehead atoms. The first-order valence-corrected chi connectivity index (χ1v) is 11.6. The Labute approximate surface area is 171 Å². The van der Waals surface area contributed by atoms with Crippen LogP contribution in [0.1, 0.15) is 11.1 Å². The molecule has 0 amide bonds. The van der Waals surface area contributed by atoms with Gasteiger partial charge in [-0.3, -0.25) is 4.90 Å². The maximum Gasteiger partial charge on any atom is 0.185 e. The molecule has 156 valence electrons. The standard InChI is InChI=1S/C21H26N2O5S/c1-29(25,26)19-8-6-17(7-9-19)22-10-20(24)21-27-13-18(14-28-21)23-11-15-4-2-3-5-16(15)12-23/h2-9,18,20-22,24H,10-14H2,1H3/t18?,20-,21?/m0/s1. The van der Waals surface area contributed by atoms with Crippen LogP contribution in [0.5, 0.6) is 0 Å². The highest BCUT2D eigenvalue weighted by molar-refractivity contribution is 7.90. The molecule has 2 aromatic carbocycles. The van der Waals surface area contributed by atoms with Crippen LogP contribution < -0.4 is 5.32 Å². The number of benzene rings is 2. The van der Waals surface area contributed by atoms with Crippen LogP contribution in [0.2, 0.25) is 0 Å². The number of aliphatic hydroxyl groups is 1. The lowest BCUT2D eigenvalue weighted by atomic mass is 10.1. The maximum absolute atomic E-state index is 11.5. The summed E-state index contributed by atoms with van der Waals surface area (Å²) >= 11 is 0. The van der Waals surface area contributed by atoms with Crippen LogP contribution in [0.25, 0.3) is 0 Å². The zero-order valence-electron chi connectivity index (χ0n) is 16.3. The summed E-state index contributed by atoms with van der Waals surface area (Å²) in [6.07, 6.45) is -0.342. The number of anilines is 1. The summed E-state index contributed by atoms with van der Waals surface area (Å²) in [5, 5.41) is 13.5. The summed E-state index contributed by atoms with van der Waals surface area (Å²) in [4.78, 5) is 2.60. The van der Waals surface area contributed by atoms with Gasteiger partial charge in [0.15, 0.2) is 16.1 Å². The zero-order chi connectivity index (χ0) is 20.4. The highest BCUT2D eigenvalue weighted by Crippen LogP contribution is 2.26. The summed E-state index contributed by atoms with van der Waals surface area (Å²) in [5.41, 5.74) is 3.42. The molecular weight excluding hydrogens is 392 g/mol. The Kier molecular flexibility index (Phi) is 5.89. The number of ether oxygens (including phenoxy) is 2. The van der Waals surface area contributed by atoms with Gasteiger partial charge in [-0.15, -0.1) is 0 Å². The van der Waals surface area contributed by atoms with E-state index in [0.717, 1.165) is 18.8 Å². The quantitative estimate of drug-likeness (QED) is 0.737. The van der Waals surface area contributed by atoms with Gasteiger partial charge in [-0.25, -0.2) is 8.42 Å². The first-order valence-electron chi connectivity index (χ1n) is 9.66. The van der Waals surface area contributed by atoms with Crippen molar-refractivity contribution < 1.29 is 23.0 Å². The SMILES string of the molecule is CS(=O)(=O)c1ccc(NC[C@H](O)C2OCC(N3Cc4ccccc4C3)CO2)cc1. The normalized spacial score (nSPS) is 23.5. The third kappa shape index (κ3) is 4.79. The number of fused-ring (bicyclic) bond motifs is 1. The van der Waals surface area contributed by atoms with Gasteiger partial charge in [-0.1, -0.05) is 24.3 Å². The number of aliphatic hydroxyl groups excluding tert-OH is 1. The van der Waals surface area contributed by atoms with Crippen molar-refractivity contribution in [3.05, 3.63) is 59.7 Å². The van der Waals surface area contributed by atoms with E-state index >= 15 is 0 Å². The van der Waals surface area contributed by atoms with Gasteiger partial charge in [0.2, 0.25) is 0 Å². The van der Waals surface area contributed by atoms with E-state index in [1.807, 2.05) is 0 Å². The van der Waals surface area contributed by atoms with Crippen molar-refractivity contribution in [1.29, 1.82) is 0 Å². The van der Waals surface area contributed by atoms with Crippen LogP contribution in [-0.4, -0.2) is 62.9 Å². The lowest BCUT2D eigenvalue weighted by Gasteiger charge is -2.36. The van der Waals surface area contributed by atoms with Gasteiger partial charge in [0.05, 0.1) is 24.2 Å². The highest BCUT2D eigenvalue weighted by Gasteiger charge is 2.33. The minimum absolute atomic E-state index is 0.169. The monoisotopic (exact) mass is 418 g/mol. The molecule has 29 heavy (non-hydrogen) atoms. The third-order valence-corrected chi connectivity index (χ3v) is 6.53. The molecule has 1 atom stereocenters. The minimum atomic E-state index is -3.22. The lowest BCUT2D eigenvalue weighted by Crippen LogP contribution is -2.49. The fourth-order valence-electron chi connectivity index (χ4n) is 3.70. The van der Waals surface area contributed by atoms with E-state index in [-0.39, 0.29) is 17.5 Å². The number of nitrogens with one attached hydrogen (secondary N) is 1. The molecule has 0 saturated carbocycles. The Balaban J connectivity index is 1.24. The van der Waals surface area contributed by atoms with E-state index in [2.05, 4.69) is 34.5 Å². The Morgan fingerprint density at radius 1 is 1.07 bits per heavy atom. The average Bonchev–Trinajstić information content (AvgIpc) is 3.16. The van der Waals surface area contributed by atoms with Crippen LogP contribution in [0.4, 0.5) is 5.69 Å². The highest BCUT2D eigenvalue weighted by atomic mass is 32.2. The van der Waals surface area contributed by atoms with Crippen LogP contribution in [0, 0.1) is 0 Å². The molecular formula is C21H26N2O5S. The third-order valence-electron chi connectivity index (χ3n) is 5.40. The Morgan fingerprint density at radius 3 is 2.21 bits per heavy atom. The fraction of sp³-hybridized carbons (Fsp3) is 0.429. The number of hydrogen-bond acceptors (Lipinski definition) is 7. The largest absolute Gasteiger partial charge is 0.386 e. The van der Waals surface area contributed by atoms with Crippen molar-refractivity contribution in [2.75, 3.05) is 31.3 Å². The van der Waals surface area contributed by atoms with Gasteiger partial charge >= 0.3 is 0 Å². The molecule has 0 spiro atoms. The molecule has 2 aliphatic rings. The van der Waals surface area contributed by atoms with Gasteiger partial charge in [0, 0.05) is 31.6 Å². The number of hydrogen-bond donors (Lipinski definition) is 2. The summed E-state index contributed by atoms with van der Waals surface area (Å²) in [5.74, 6) is 0. The van der Waals surface area contributed by atoms with Gasteiger partial charge < -0.3 is 19.9 Å². The predicted molar refractivity (Wildman–Crippen MR) is 109 cm³/mol. The molecule has 1 saturated heterocycles. The second-order valence-electron chi connectivity index (χ2n) is 7.61. The number of sulfone groups is 1. The van der Waals surface area contributed by atoms with Crippen molar-refractivity contribution in [2.45, 2.75) is 36.4 Å². The van der Waals surface area contributed by atoms with E-state index in [0.29, 0.717) is 13.2 Å². The molecule has 4 rings (SSSR count). The van der Waals surface area contributed by atoms with Gasteiger partial charge in [-0.2, -0.15) is 0 Å². The molecule has 0 aliphatic carbocycles. The molecule has 7 nitrogen and oxygen atoms in total. The second kappa shape index (κ2) is 8.41. The molecule has 8 heteroatoms. The minimum Gasteiger partial charge on any atom is -0.386 e. The molecule has 0 unspecified atom stereocenters. The van der Waals surface area contributed by atoms with E-state index < -0.39 is 22.2 Å². The maximum atomic E-state index is 11.5. The molecule has 2 N–H and O–H groups in total. The van der Waals surface area contributed by atoms with Crippen LogP contribution >= 0.6 is 0 Å². The smallest absolute Gasteiger partial charge is 0.185 e. The molecule has 0 radical (unpaired) electrons. The number of rotatable bonds is 6. The van der Waals surface area contributed by atoms with Crippen LogP contribution in [0.3, 0.4) is 0 Å². The molecule has 2 aliphatic heterocycles. The second-order valence-corrected chi connectivity index (χ2v) is 9.62. The average molecular weight is 419 g/mol. The summed E-state index contributed by atoms with van der Waals surface area (Å²) < 4.78 is 34.6. The summed E-state index contributed by atoms with van der Waals surface area (Å²) in [6.45, 7) is 3.05. The molecule has 2 aromatic rings. The van der Waals surface area contributed by atoms with E-state index in [1.165, 1.54) is 29.5 Å². The fourth-order valence-corrected chi connectivity index (χ4v) is 4.33. The number of nitrogens with zero attached hydrogens (tertiary/aromatic N) is 1. The van der Waals surface area contributed by atoms with Gasteiger partial charge in [-0.05, 0) is 35.4 Å². The Morgan fingerprint density at radius 2 is 1.66 bits per heavy atom. The lowest BCUT2D eigenvalue weighted by molar-refractivity contribution is -0.239. The first kappa shape index (κ1) is 20.3. The van der Waals surface area contributed by atoms with Gasteiger partial charge in [0.1, 0.15) is 6.10 Å². The summed E-state index contributed by atoms with van der Waals surface area (Å²) in [7, 11) is -3.22. The van der Waals surface area contributed by atoms with Crippen molar-refractivity contribution in [2.24, 2.45) is 0 Å². The van der Waals surface area contributed by atoms with Crippen LogP contribution in [0.15, 0.2) is 53.4 Å². The first-order chi connectivity index (χ1) is 13.9.